The molecule has 3 heteroatoms. The van der Waals surface area contributed by atoms with E-state index in [1.54, 1.807) is 0 Å². The first kappa shape index (κ1) is 11.1. The first-order chi connectivity index (χ1) is 8.17. The van der Waals surface area contributed by atoms with Gasteiger partial charge in [0.05, 0.1) is 11.1 Å². The maximum atomic E-state index is 10.5. The highest BCUT2D eigenvalue weighted by molar-refractivity contribution is 7.99. The van der Waals surface area contributed by atoms with Gasteiger partial charge in [0.15, 0.2) is 0 Å². The molecule has 0 saturated carbocycles. The molecule has 1 atom stereocenters. The van der Waals surface area contributed by atoms with E-state index in [2.05, 4.69) is 17.1 Å². The fourth-order valence-corrected chi connectivity index (χ4v) is 3.57. The Morgan fingerprint density at radius 3 is 2.94 bits per heavy atom. The Bertz CT molecular complexity index is 561. The number of hydrogen-bond acceptors (Lipinski definition) is 3. The molecule has 1 aromatic carbocycles. The molecule has 1 fully saturated rings. The van der Waals surface area contributed by atoms with E-state index in [4.69, 9.17) is 0 Å². The molecular weight excluding hydrogens is 230 g/mol. The number of aliphatic hydroxyl groups is 1. The van der Waals surface area contributed by atoms with Crippen molar-refractivity contribution < 1.29 is 5.11 Å². The number of aryl methyl sites for hydroxylation is 1. The molecule has 88 valence electrons. The second-order valence-electron chi connectivity index (χ2n) is 4.69. The van der Waals surface area contributed by atoms with Crippen molar-refractivity contribution in [2.45, 2.75) is 18.9 Å². The van der Waals surface area contributed by atoms with Gasteiger partial charge in [-0.15, -0.1) is 0 Å². The Hall–Kier alpha value is -1.06. The van der Waals surface area contributed by atoms with Crippen LogP contribution in [0.2, 0.25) is 0 Å². The van der Waals surface area contributed by atoms with Crippen molar-refractivity contribution in [2.75, 3.05) is 11.5 Å². The average molecular weight is 245 g/mol. The van der Waals surface area contributed by atoms with Crippen LogP contribution in [0.5, 0.6) is 0 Å². The van der Waals surface area contributed by atoms with E-state index in [1.807, 2.05) is 36.9 Å². The number of fused-ring (bicyclic) bond motifs is 1. The normalized spacial score (nSPS) is 24.4. The maximum Gasteiger partial charge on any atom is 0.0994 e. The predicted octanol–water partition coefficient (Wildman–Crippen LogP) is 2.87. The quantitative estimate of drug-likeness (QED) is 0.838. The van der Waals surface area contributed by atoms with Gasteiger partial charge in [-0.3, -0.25) is 4.98 Å². The van der Waals surface area contributed by atoms with Crippen molar-refractivity contribution in [3.63, 3.8) is 0 Å². The molecule has 3 rings (SSSR count). The number of benzene rings is 1. The molecule has 1 aromatic heterocycles. The first-order valence-corrected chi connectivity index (χ1v) is 7.01. The van der Waals surface area contributed by atoms with Gasteiger partial charge in [0.25, 0.3) is 0 Å². The van der Waals surface area contributed by atoms with Crippen molar-refractivity contribution in [1.82, 2.24) is 4.98 Å². The van der Waals surface area contributed by atoms with Crippen LogP contribution in [-0.4, -0.2) is 21.6 Å². The lowest BCUT2D eigenvalue weighted by Crippen LogP contribution is -2.24. The fourth-order valence-electron chi connectivity index (χ4n) is 2.30. The zero-order chi connectivity index (χ0) is 11.9. The van der Waals surface area contributed by atoms with Crippen LogP contribution in [0, 0.1) is 6.92 Å². The summed E-state index contributed by atoms with van der Waals surface area (Å²) in [6.07, 6.45) is 0.850. The van der Waals surface area contributed by atoms with Crippen LogP contribution in [0.1, 0.15) is 17.7 Å². The molecule has 0 aliphatic carbocycles. The molecule has 0 bridgehead atoms. The molecule has 1 N–H and O–H groups in total. The summed E-state index contributed by atoms with van der Waals surface area (Å²) < 4.78 is 0. The number of thioether (sulfide) groups is 1. The number of rotatable bonds is 1. The lowest BCUT2D eigenvalue weighted by molar-refractivity contribution is 0.0659. The third kappa shape index (κ3) is 1.94. The van der Waals surface area contributed by atoms with Crippen molar-refractivity contribution in [2.24, 2.45) is 0 Å². The van der Waals surface area contributed by atoms with Crippen LogP contribution < -0.4 is 0 Å². The van der Waals surface area contributed by atoms with Crippen LogP contribution in [0.15, 0.2) is 30.3 Å². The lowest BCUT2D eigenvalue weighted by Gasteiger charge is -2.22. The molecule has 0 amide bonds. The molecule has 2 aromatic rings. The minimum atomic E-state index is -0.635. The van der Waals surface area contributed by atoms with Crippen LogP contribution in [0.3, 0.4) is 0 Å². The summed E-state index contributed by atoms with van der Waals surface area (Å²) in [6, 6.07) is 10.2. The second-order valence-corrected chi connectivity index (χ2v) is 5.80. The van der Waals surface area contributed by atoms with Crippen LogP contribution in [0.25, 0.3) is 10.9 Å². The van der Waals surface area contributed by atoms with E-state index in [1.165, 1.54) is 0 Å². The highest BCUT2D eigenvalue weighted by atomic mass is 32.2. The monoisotopic (exact) mass is 245 g/mol. The SMILES string of the molecule is Cc1ccc2cc(C3(O)CCSC3)ccc2n1. The van der Waals surface area contributed by atoms with Crippen molar-refractivity contribution in [3.8, 4) is 0 Å². The predicted molar refractivity (Wildman–Crippen MR) is 72.3 cm³/mol. The maximum absolute atomic E-state index is 10.5. The molecule has 2 heterocycles. The first-order valence-electron chi connectivity index (χ1n) is 5.85. The zero-order valence-corrected chi connectivity index (χ0v) is 10.6. The van der Waals surface area contributed by atoms with Gasteiger partial charge in [0.2, 0.25) is 0 Å². The van der Waals surface area contributed by atoms with Gasteiger partial charge >= 0.3 is 0 Å². The van der Waals surface area contributed by atoms with E-state index >= 15 is 0 Å². The van der Waals surface area contributed by atoms with Crippen LogP contribution in [-0.2, 0) is 5.60 Å². The summed E-state index contributed by atoms with van der Waals surface area (Å²) >= 11 is 1.82. The van der Waals surface area contributed by atoms with Crippen molar-refractivity contribution in [1.29, 1.82) is 0 Å². The minimum absolute atomic E-state index is 0.635. The van der Waals surface area contributed by atoms with E-state index in [0.29, 0.717) is 0 Å². The standard InChI is InChI=1S/C14H15NOS/c1-10-2-3-11-8-12(4-5-13(11)15-10)14(16)6-7-17-9-14/h2-5,8,16H,6-7,9H2,1H3. The third-order valence-corrected chi connectivity index (χ3v) is 4.54. The Morgan fingerprint density at radius 2 is 2.18 bits per heavy atom. The third-order valence-electron chi connectivity index (χ3n) is 3.37. The van der Waals surface area contributed by atoms with Gasteiger partial charge in [-0.25, -0.2) is 0 Å². The van der Waals surface area contributed by atoms with E-state index in [-0.39, 0.29) is 0 Å². The van der Waals surface area contributed by atoms with Gasteiger partial charge in [0, 0.05) is 16.8 Å². The van der Waals surface area contributed by atoms with E-state index in [9.17, 15) is 5.11 Å². The molecule has 1 aliphatic rings. The van der Waals surface area contributed by atoms with Gasteiger partial charge < -0.3 is 5.11 Å². The van der Waals surface area contributed by atoms with Gasteiger partial charge in [-0.1, -0.05) is 12.1 Å². The number of hydrogen-bond donors (Lipinski definition) is 1. The minimum Gasteiger partial charge on any atom is -0.384 e. The summed E-state index contributed by atoms with van der Waals surface area (Å²) in [4.78, 5) is 4.48. The molecule has 2 nitrogen and oxygen atoms in total. The molecule has 1 saturated heterocycles. The summed E-state index contributed by atoms with van der Waals surface area (Å²) in [5.41, 5.74) is 2.42. The summed E-state index contributed by atoms with van der Waals surface area (Å²) in [5.74, 6) is 1.85. The number of nitrogens with zero attached hydrogens (tertiary/aromatic N) is 1. The van der Waals surface area contributed by atoms with E-state index in [0.717, 1.165) is 40.1 Å². The Balaban J connectivity index is 2.10. The Morgan fingerprint density at radius 1 is 1.29 bits per heavy atom. The lowest BCUT2D eigenvalue weighted by atomic mass is 9.92. The summed E-state index contributed by atoms with van der Waals surface area (Å²) in [6.45, 7) is 1.99. The van der Waals surface area contributed by atoms with Gasteiger partial charge in [-0.05, 0) is 42.9 Å². The molecule has 0 spiro atoms. The number of pyridine rings is 1. The average Bonchev–Trinajstić information content (AvgIpc) is 2.77. The van der Waals surface area contributed by atoms with Gasteiger partial charge in [0.1, 0.15) is 0 Å². The molecule has 17 heavy (non-hydrogen) atoms. The van der Waals surface area contributed by atoms with Crippen LogP contribution in [0.4, 0.5) is 0 Å². The molecule has 0 radical (unpaired) electrons. The highest BCUT2D eigenvalue weighted by Gasteiger charge is 2.33. The Labute approximate surface area is 105 Å². The Kier molecular flexibility index (Phi) is 2.60. The topological polar surface area (TPSA) is 33.1 Å². The summed E-state index contributed by atoms with van der Waals surface area (Å²) in [7, 11) is 0. The molecule has 1 unspecified atom stereocenters. The largest absolute Gasteiger partial charge is 0.384 e. The van der Waals surface area contributed by atoms with Crippen LogP contribution >= 0.6 is 11.8 Å². The smallest absolute Gasteiger partial charge is 0.0994 e. The molecular formula is C14H15NOS. The van der Waals surface area contributed by atoms with E-state index < -0.39 is 5.60 Å². The number of aromatic nitrogens is 1. The van der Waals surface area contributed by atoms with Crippen molar-refractivity contribution in [3.05, 3.63) is 41.6 Å². The van der Waals surface area contributed by atoms with Crippen molar-refractivity contribution >= 4 is 22.7 Å². The zero-order valence-electron chi connectivity index (χ0n) is 9.81. The highest BCUT2D eigenvalue weighted by Crippen LogP contribution is 2.37. The summed E-state index contributed by atoms with van der Waals surface area (Å²) in [5, 5.41) is 11.6. The second kappa shape index (κ2) is 4.00. The fraction of sp³-hybridized carbons (Fsp3) is 0.357. The van der Waals surface area contributed by atoms with Gasteiger partial charge in [-0.2, -0.15) is 11.8 Å². The molecule has 1 aliphatic heterocycles.